The van der Waals surface area contributed by atoms with Crippen LogP contribution in [0.25, 0.3) is 0 Å². The number of benzene rings is 2. The molecule has 1 unspecified atom stereocenters. The molecule has 30 heavy (non-hydrogen) atoms. The fourth-order valence-corrected chi connectivity index (χ4v) is 4.74. The summed E-state index contributed by atoms with van der Waals surface area (Å²) in [6.45, 7) is 1.75. The van der Waals surface area contributed by atoms with Gasteiger partial charge in [0.2, 0.25) is 21.1 Å². The Hall–Kier alpha value is -2.67. The molecule has 1 amide bonds. The molecule has 0 saturated heterocycles. The third kappa shape index (κ3) is 5.92. The number of aromatic nitrogens is 2. The summed E-state index contributed by atoms with van der Waals surface area (Å²) in [6.07, 6.45) is 0. The summed E-state index contributed by atoms with van der Waals surface area (Å²) >= 11 is 2.60. The number of primary sulfonamides is 1. The van der Waals surface area contributed by atoms with E-state index in [0.29, 0.717) is 15.2 Å². The summed E-state index contributed by atoms with van der Waals surface area (Å²) in [5.74, 6) is 0.474. The number of nitrogens with zero attached hydrogens (tertiary/aromatic N) is 2. The van der Waals surface area contributed by atoms with Crippen molar-refractivity contribution >= 4 is 55.5 Å². The van der Waals surface area contributed by atoms with Crippen LogP contribution in [0.5, 0.6) is 5.75 Å². The van der Waals surface area contributed by atoms with E-state index in [1.165, 1.54) is 47.4 Å². The summed E-state index contributed by atoms with van der Waals surface area (Å²) in [4.78, 5) is 12.4. The van der Waals surface area contributed by atoms with Crippen molar-refractivity contribution in [2.24, 2.45) is 5.14 Å². The Balaban J connectivity index is 1.57. The molecule has 1 atom stereocenters. The molecule has 0 fully saturated rings. The second-order valence-electron chi connectivity index (χ2n) is 6.05. The van der Waals surface area contributed by atoms with Gasteiger partial charge in [-0.3, -0.25) is 4.79 Å². The molecule has 0 bridgehead atoms. The Morgan fingerprint density at radius 3 is 2.57 bits per heavy atom. The van der Waals surface area contributed by atoms with Crippen LogP contribution in [0.4, 0.5) is 16.5 Å². The van der Waals surface area contributed by atoms with Crippen molar-refractivity contribution in [3.05, 3.63) is 48.5 Å². The number of nitrogens with one attached hydrogen (secondary N) is 2. The topological polar surface area (TPSA) is 136 Å². The lowest BCUT2D eigenvalue weighted by molar-refractivity contribution is -0.115. The number of anilines is 3. The van der Waals surface area contributed by atoms with Crippen LogP contribution in [0.3, 0.4) is 0 Å². The number of methoxy groups -OCH3 is 1. The van der Waals surface area contributed by atoms with Gasteiger partial charge < -0.3 is 15.4 Å². The fraction of sp³-hybridized carbons (Fsp3) is 0.167. The molecule has 0 saturated carbocycles. The fourth-order valence-electron chi connectivity index (χ4n) is 2.31. The van der Waals surface area contributed by atoms with Crippen molar-refractivity contribution in [1.29, 1.82) is 0 Å². The minimum absolute atomic E-state index is 0.0205. The van der Waals surface area contributed by atoms with E-state index in [0.717, 1.165) is 11.4 Å². The minimum Gasteiger partial charge on any atom is -0.497 e. The Kier molecular flexibility index (Phi) is 6.92. The smallest absolute Gasteiger partial charge is 0.238 e. The first-order valence-electron chi connectivity index (χ1n) is 8.59. The average Bonchev–Trinajstić information content (AvgIpc) is 3.14. The number of amides is 1. The predicted octanol–water partition coefficient (Wildman–Crippen LogP) is 3.06. The van der Waals surface area contributed by atoms with E-state index in [1.54, 1.807) is 14.0 Å². The first-order chi connectivity index (χ1) is 14.2. The minimum atomic E-state index is -3.77. The number of ether oxygens (including phenoxy) is 1. The average molecular weight is 466 g/mol. The van der Waals surface area contributed by atoms with Gasteiger partial charge >= 0.3 is 0 Å². The van der Waals surface area contributed by atoms with Crippen molar-refractivity contribution in [3.63, 3.8) is 0 Å². The molecular formula is C18H19N5O4S3. The first kappa shape index (κ1) is 22.0. The van der Waals surface area contributed by atoms with Gasteiger partial charge in [0.25, 0.3) is 0 Å². The third-order valence-electron chi connectivity index (χ3n) is 3.82. The summed E-state index contributed by atoms with van der Waals surface area (Å²) < 4.78 is 28.4. The van der Waals surface area contributed by atoms with E-state index >= 15 is 0 Å². The van der Waals surface area contributed by atoms with Crippen molar-refractivity contribution in [2.45, 2.75) is 21.4 Å². The SMILES string of the molecule is COc1cccc(Nc2nnc(SC(C)C(=O)Nc3ccc(S(N)(=O)=O)cc3)s2)c1. The van der Waals surface area contributed by atoms with Gasteiger partial charge in [-0.15, -0.1) is 10.2 Å². The highest BCUT2D eigenvalue weighted by Crippen LogP contribution is 2.31. The Labute approximate surface area is 182 Å². The molecule has 12 heteroatoms. The van der Waals surface area contributed by atoms with Crippen LogP contribution in [0, 0.1) is 0 Å². The van der Waals surface area contributed by atoms with Crippen LogP contribution in [-0.2, 0) is 14.8 Å². The van der Waals surface area contributed by atoms with Gasteiger partial charge in [-0.05, 0) is 43.3 Å². The maximum atomic E-state index is 12.4. The highest BCUT2D eigenvalue weighted by atomic mass is 32.2. The molecule has 4 N–H and O–H groups in total. The maximum absolute atomic E-state index is 12.4. The molecule has 158 valence electrons. The molecule has 0 radical (unpaired) electrons. The second-order valence-corrected chi connectivity index (χ2v) is 10.2. The predicted molar refractivity (Wildman–Crippen MR) is 118 cm³/mol. The molecule has 3 aromatic rings. The summed E-state index contributed by atoms with van der Waals surface area (Å²) in [7, 11) is -2.18. The summed E-state index contributed by atoms with van der Waals surface area (Å²) in [5, 5.41) is 19.3. The second kappa shape index (κ2) is 9.43. The van der Waals surface area contributed by atoms with Gasteiger partial charge in [0, 0.05) is 17.4 Å². The molecule has 0 spiro atoms. The standard InChI is InChI=1S/C18H19N5O4S3/c1-11(16(24)20-12-6-8-15(9-7-12)30(19,25)26)28-18-23-22-17(29-18)21-13-4-3-5-14(10-13)27-2/h3-11H,1-2H3,(H,20,24)(H,21,22)(H2,19,25,26). The summed E-state index contributed by atoms with van der Waals surface area (Å²) in [6, 6.07) is 13.1. The van der Waals surface area contributed by atoms with E-state index in [2.05, 4.69) is 20.8 Å². The molecule has 3 rings (SSSR count). The Morgan fingerprint density at radius 2 is 1.90 bits per heavy atom. The number of hydrogen-bond donors (Lipinski definition) is 3. The Bertz CT molecular complexity index is 1130. The van der Waals surface area contributed by atoms with Crippen LogP contribution in [0.1, 0.15) is 6.92 Å². The number of rotatable bonds is 8. The van der Waals surface area contributed by atoms with Gasteiger partial charge in [0.15, 0.2) is 4.34 Å². The van der Waals surface area contributed by atoms with E-state index in [-0.39, 0.29) is 10.8 Å². The van der Waals surface area contributed by atoms with Crippen LogP contribution in [0.15, 0.2) is 57.8 Å². The van der Waals surface area contributed by atoms with Gasteiger partial charge in [-0.1, -0.05) is 29.2 Å². The number of nitrogens with two attached hydrogens (primary N) is 1. The molecule has 0 aliphatic heterocycles. The normalized spacial score (nSPS) is 12.2. The van der Waals surface area contributed by atoms with Crippen LogP contribution in [-0.4, -0.2) is 36.9 Å². The lowest BCUT2D eigenvalue weighted by Crippen LogP contribution is -2.22. The monoisotopic (exact) mass is 465 g/mol. The van der Waals surface area contributed by atoms with Crippen molar-refractivity contribution in [1.82, 2.24) is 10.2 Å². The first-order valence-corrected chi connectivity index (χ1v) is 11.8. The molecule has 2 aromatic carbocycles. The summed E-state index contributed by atoms with van der Waals surface area (Å²) in [5.41, 5.74) is 1.29. The quantitative estimate of drug-likeness (QED) is 0.432. The van der Waals surface area contributed by atoms with Crippen LogP contribution >= 0.6 is 23.1 Å². The molecular weight excluding hydrogens is 446 g/mol. The number of carbonyl (C=O) groups excluding carboxylic acids is 1. The van der Waals surface area contributed by atoms with Gasteiger partial charge in [-0.2, -0.15) is 0 Å². The van der Waals surface area contributed by atoms with Crippen LogP contribution in [0.2, 0.25) is 0 Å². The van der Waals surface area contributed by atoms with Crippen molar-refractivity contribution < 1.29 is 17.9 Å². The zero-order chi connectivity index (χ0) is 21.7. The largest absolute Gasteiger partial charge is 0.497 e. The van der Waals surface area contributed by atoms with Crippen molar-refractivity contribution in [3.8, 4) is 5.75 Å². The number of sulfonamides is 1. The molecule has 0 aliphatic carbocycles. The molecule has 0 aliphatic rings. The highest BCUT2D eigenvalue weighted by Gasteiger charge is 2.18. The van der Waals surface area contributed by atoms with E-state index in [9.17, 15) is 13.2 Å². The lowest BCUT2D eigenvalue weighted by Gasteiger charge is -2.10. The number of thioether (sulfide) groups is 1. The molecule has 1 aromatic heterocycles. The molecule has 9 nitrogen and oxygen atoms in total. The van der Waals surface area contributed by atoms with Crippen molar-refractivity contribution in [2.75, 3.05) is 17.7 Å². The third-order valence-corrected chi connectivity index (χ3v) is 6.78. The molecule has 1 heterocycles. The van der Waals surface area contributed by atoms with Gasteiger partial charge in [-0.25, -0.2) is 13.6 Å². The van der Waals surface area contributed by atoms with Gasteiger partial charge in [0.1, 0.15) is 5.75 Å². The number of carbonyl (C=O) groups is 1. The van der Waals surface area contributed by atoms with Gasteiger partial charge in [0.05, 0.1) is 17.3 Å². The van der Waals surface area contributed by atoms with E-state index in [1.807, 2.05) is 24.3 Å². The maximum Gasteiger partial charge on any atom is 0.238 e. The lowest BCUT2D eigenvalue weighted by atomic mass is 10.3. The van der Waals surface area contributed by atoms with Crippen LogP contribution < -0.4 is 20.5 Å². The Morgan fingerprint density at radius 1 is 1.17 bits per heavy atom. The zero-order valence-electron chi connectivity index (χ0n) is 16.0. The van der Waals surface area contributed by atoms with E-state index in [4.69, 9.17) is 9.88 Å². The highest BCUT2D eigenvalue weighted by molar-refractivity contribution is 8.02. The number of hydrogen-bond acceptors (Lipinski definition) is 9. The van der Waals surface area contributed by atoms with E-state index < -0.39 is 15.3 Å². The zero-order valence-corrected chi connectivity index (χ0v) is 18.5.